The van der Waals surface area contributed by atoms with Crippen molar-refractivity contribution in [3.8, 4) is 0 Å². The van der Waals surface area contributed by atoms with Crippen molar-refractivity contribution in [1.29, 1.82) is 0 Å². The summed E-state index contributed by atoms with van der Waals surface area (Å²) in [5.41, 5.74) is 1.86. The van der Waals surface area contributed by atoms with Crippen LogP contribution in [0.15, 0.2) is 23.2 Å². The highest BCUT2D eigenvalue weighted by atomic mass is 32.1. The van der Waals surface area contributed by atoms with Crippen molar-refractivity contribution in [1.82, 2.24) is 4.57 Å². The SMILES string of the molecule is COCCn1c(=NC(=O)C(C)(C)C)sc2cccc(C)c21. The number of rotatable bonds is 3. The number of methoxy groups -OCH3 is 1. The third kappa shape index (κ3) is 3.41. The number of aromatic nitrogens is 1. The molecule has 4 nitrogen and oxygen atoms in total. The Morgan fingerprint density at radius 1 is 1.38 bits per heavy atom. The maximum Gasteiger partial charge on any atom is 0.253 e. The fraction of sp³-hybridized carbons (Fsp3) is 0.500. The summed E-state index contributed by atoms with van der Waals surface area (Å²) < 4.78 is 8.42. The second kappa shape index (κ2) is 6.12. The first-order valence-electron chi connectivity index (χ1n) is 7.01. The maximum atomic E-state index is 12.2. The van der Waals surface area contributed by atoms with Gasteiger partial charge < -0.3 is 9.30 Å². The minimum Gasteiger partial charge on any atom is -0.383 e. The Balaban J connectivity index is 2.65. The average Bonchev–Trinajstić information content (AvgIpc) is 2.74. The fourth-order valence-corrected chi connectivity index (χ4v) is 3.17. The summed E-state index contributed by atoms with van der Waals surface area (Å²) in [5, 5.41) is 0. The number of carbonyl (C=O) groups is 1. The molecule has 0 saturated heterocycles. The lowest BCUT2D eigenvalue weighted by Gasteiger charge is -2.12. The van der Waals surface area contributed by atoms with Crippen LogP contribution in [0.1, 0.15) is 26.3 Å². The average molecular weight is 306 g/mol. The van der Waals surface area contributed by atoms with Crippen molar-refractivity contribution >= 4 is 27.5 Å². The molecule has 21 heavy (non-hydrogen) atoms. The molecule has 2 rings (SSSR count). The number of carbonyl (C=O) groups excluding carboxylic acids is 1. The molecule has 0 radical (unpaired) electrons. The molecular weight excluding hydrogens is 284 g/mol. The van der Waals surface area contributed by atoms with Crippen LogP contribution in [-0.4, -0.2) is 24.2 Å². The number of hydrogen-bond donors (Lipinski definition) is 0. The minimum atomic E-state index is -0.468. The maximum absolute atomic E-state index is 12.2. The van der Waals surface area contributed by atoms with E-state index in [1.54, 1.807) is 18.4 Å². The summed E-state index contributed by atoms with van der Waals surface area (Å²) >= 11 is 1.55. The second-order valence-corrected chi connectivity index (χ2v) is 7.13. The number of hydrogen-bond acceptors (Lipinski definition) is 3. The van der Waals surface area contributed by atoms with Crippen LogP contribution in [0.4, 0.5) is 0 Å². The molecule has 0 fully saturated rings. The second-order valence-electron chi connectivity index (χ2n) is 6.12. The van der Waals surface area contributed by atoms with Gasteiger partial charge in [0.25, 0.3) is 5.91 Å². The molecule has 2 aromatic rings. The predicted octanol–water partition coefficient (Wildman–Crippen LogP) is 3.13. The molecule has 0 N–H and O–H groups in total. The monoisotopic (exact) mass is 306 g/mol. The van der Waals surface area contributed by atoms with E-state index in [-0.39, 0.29) is 5.91 Å². The van der Waals surface area contributed by atoms with E-state index in [4.69, 9.17) is 4.74 Å². The molecule has 0 atom stereocenters. The third-order valence-corrected chi connectivity index (χ3v) is 4.30. The van der Waals surface area contributed by atoms with E-state index in [9.17, 15) is 4.79 Å². The number of benzene rings is 1. The largest absolute Gasteiger partial charge is 0.383 e. The van der Waals surface area contributed by atoms with Crippen LogP contribution in [0.5, 0.6) is 0 Å². The van der Waals surface area contributed by atoms with Crippen LogP contribution in [0.2, 0.25) is 0 Å². The lowest BCUT2D eigenvalue weighted by Crippen LogP contribution is -2.24. The number of nitrogens with zero attached hydrogens (tertiary/aromatic N) is 2. The highest BCUT2D eigenvalue weighted by molar-refractivity contribution is 7.16. The van der Waals surface area contributed by atoms with Gasteiger partial charge in [-0.25, -0.2) is 0 Å². The Morgan fingerprint density at radius 2 is 2.10 bits per heavy atom. The van der Waals surface area contributed by atoms with E-state index < -0.39 is 5.41 Å². The van der Waals surface area contributed by atoms with Gasteiger partial charge in [0.2, 0.25) is 0 Å². The van der Waals surface area contributed by atoms with Crippen molar-refractivity contribution in [2.45, 2.75) is 34.2 Å². The highest BCUT2D eigenvalue weighted by Crippen LogP contribution is 2.21. The van der Waals surface area contributed by atoms with Gasteiger partial charge in [-0.1, -0.05) is 44.2 Å². The van der Waals surface area contributed by atoms with E-state index in [1.807, 2.05) is 26.8 Å². The fourth-order valence-electron chi connectivity index (χ4n) is 2.04. The van der Waals surface area contributed by atoms with Gasteiger partial charge in [0, 0.05) is 19.1 Å². The Kier molecular flexibility index (Phi) is 4.64. The summed E-state index contributed by atoms with van der Waals surface area (Å²) in [4.78, 5) is 17.3. The molecule has 0 aliphatic heterocycles. The molecule has 0 spiro atoms. The van der Waals surface area contributed by atoms with Gasteiger partial charge >= 0.3 is 0 Å². The third-order valence-electron chi connectivity index (χ3n) is 3.26. The summed E-state index contributed by atoms with van der Waals surface area (Å²) in [6.07, 6.45) is 0. The Hall–Kier alpha value is -1.46. The smallest absolute Gasteiger partial charge is 0.253 e. The topological polar surface area (TPSA) is 43.6 Å². The number of amides is 1. The van der Waals surface area contributed by atoms with E-state index in [1.165, 1.54) is 5.56 Å². The van der Waals surface area contributed by atoms with Crippen LogP contribution in [0.3, 0.4) is 0 Å². The zero-order chi connectivity index (χ0) is 15.6. The van der Waals surface area contributed by atoms with Crippen LogP contribution in [-0.2, 0) is 16.1 Å². The number of fused-ring (bicyclic) bond motifs is 1. The molecule has 1 aromatic carbocycles. The molecule has 0 aliphatic carbocycles. The van der Waals surface area contributed by atoms with Crippen LogP contribution in [0, 0.1) is 12.3 Å². The first-order valence-corrected chi connectivity index (χ1v) is 7.83. The molecule has 0 bridgehead atoms. The van der Waals surface area contributed by atoms with Crippen molar-refractivity contribution in [3.63, 3.8) is 0 Å². The first-order chi connectivity index (χ1) is 9.84. The highest BCUT2D eigenvalue weighted by Gasteiger charge is 2.21. The Morgan fingerprint density at radius 3 is 2.71 bits per heavy atom. The number of aryl methyl sites for hydroxylation is 1. The van der Waals surface area contributed by atoms with Crippen molar-refractivity contribution < 1.29 is 9.53 Å². The van der Waals surface area contributed by atoms with Gasteiger partial charge in [-0.3, -0.25) is 4.79 Å². The van der Waals surface area contributed by atoms with Gasteiger partial charge in [0.05, 0.1) is 16.8 Å². The zero-order valence-corrected chi connectivity index (χ0v) is 14.1. The van der Waals surface area contributed by atoms with E-state index in [0.29, 0.717) is 13.2 Å². The minimum absolute atomic E-state index is 0.0992. The van der Waals surface area contributed by atoms with Gasteiger partial charge in [0.1, 0.15) is 0 Å². The molecule has 1 amide bonds. The standard InChI is InChI=1S/C16H22N2O2S/c1-11-7-6-8-12-13(11)18(9-10-20-5)15(21-12)17-14(19)16(2,3)4/h6-8H,9-10H2,1-5H3. The Bertz CT molecular complexity index is 720. The van der Waals surface area contributed by atoms with Gasteiger partial charge in [0.15, 0.2) is 4.80 Å². The molecule has 114 valence electrons. The predicted molar refractivity (Wildman–Crippen MR) is 86.5 cm³/mol. The van der Waals surface area contributed by atoms with Crippen molar-refractivity contribution in [2.24, 2.45) is 10.4 Å². The molecule has 1 aromatic heterocycles. The summed E-state index contributed by atoms with van der Waals surface area (Å²) in [5.74, 6) is -0.0992. The van der Waals surface area contributed by atoms with E-state index in [2.05, 4.69) is 28.6 Å². The molecule has 0 aliphatic rings. The summed E-state index contributed by atoms with van der Waals surface area (Å²) in [6, 6.07) is 6.18. The Labute approximate surface area is 129 Å². The molecule has 5 heteroatoms. The molecule has 0 saturated carbocycles. The van der Waals surface area contributed by atoms with Crippen LogP contribution in [0.25, 0.3) is 10.2 Å². The van der Waals surface area contributed by atoms with Crippen molar-refractivity contribution in [3.05, 3.63) is 28.6 Å². The summed E-state index contributed by atoms with van der Waals surface area (Å²) in [7, 11) is 1.68. The summed E-state index contributed by atoms with van der Waals surface area (Å²) in [6.45, 7) is 9.02. The number of thiazole rings is 1. The lowest BCUT2D eigenvalue weighted by atomic mass is 9.96. The lowest BCUT2D eigenvalue weighted by molar-refractivity contribution is -0.125. The van der Waals surface area contributed by atoms with Gasteiger partial charge in [-0.05, 0) is 18.6 Å². The van der Waals surface area contributed by atoms with Gasteiger partial charge in [-0.15, -0.1) is 0 Å². The molecule has 1 heterocycles. The van der Waals surface area contributed by atoms with Crippen LogP contribution < -0.4 is 4.80 Å². The molecule has 0 unspecified atom stereocenters. The molecular formula is C16H22N2O2S. The number of para-hydroxylation sites is 1. The van der Waals surface area contributed by atoms with Gasteiger partial charge in [-0.2, -0.15) is 4.99 Å². The van der Waals surface area contributed by atoms with Crippen molar-refractivity contribution in [2.75, 3.05) is 13.7 Å². The quantitative estimate of drug-likeness (QED) is 0.874. The first kappa shape index (κ1) is 15.9. The van der Waals surface area contributed by atoms with E-state index >= 15 is 0 Å². The zero-order valence-electron chi connectivity index (χ0n) is 13.3. The normalized spacial score (nSPS) is 13.1. The van der Waals surface area contributed by atoms with Crippen LogP contribution >= 0.6 is 11.3 Å². The number of ether oxygens (including phenoxy) is 1. The van der Waals surface area contributed by atoms with E-state index in [0.717, 1.165) is 15.0 Å².